The number of hydrogen-bond donors (Lipinski definition) is 3. The maximum atomic E-state index is 11.8. The number of hydrogen-bond acceptors (Lipinski definition) is 3. The second kappa shape index (κ2) is 7.84. The van der Waals surface area contributed by atoms with Gasteiger partial charge in [-0.05, 0) is 37.0 Å². The number of amides is 2. The molecule has 2 rings (SSSR count). The van der Waals surface area contributed by atoms with Crippen molar-refractivity contribution < 1.29 is 14.6 Å². The Bertz CT molecular complexity index is 543. The van der Waals surface area contributed by atoms with Gasteiger partial charge in [-0.2, -0.15) is 0 Å². The van der Waals surface area contributed by atoms with Gasteiger partial charge in [0.2, 0.25) is 0 Å². The average molecular weight is 304 g/mol. The maximum Gasteiger partial charge on any atom is 0.315 e. The molecule has 1 aromatic rings. The summed E-state index contributed by atoms with van der Waals surface area (Å²) in [5.74, 6) is 1.03. The van der Waals surface area contributed by atoms with Gasteiger partial charge in [0.05, 0.1) is 7.11 Å². The number of benzene rings is 1. The van der Waals surface area contributed by atoms with Crippen LogP contribution in [0.2, 0.25) is 0 Å². The summed E-state index contributed by atoms with van der Waals surface area (Å²) in [6, 6.07) is 5.90. The van der Waals surface area contributed by atoms with Gasteiger partial charge in [0, 0.05) is 25.1 Å². The fourth-order valence-corrected chi connectivity index (χ4v) is 2.58. The van der Waals surface area contributed by atoms with Crippen molar-refractivity contribution in [3.05, 3.63) is 41.5 Å². The predicted octanol–water partition coefficient (Wildman–Crippen LogP) is 1.78. The largest absolute Gasteiger partial charge is 0.496 e. The van der Waals surface area contributed by atoms with Gasteiger partial charge in [-0.1, -0.05) is 24.3 Å². The molecule has 1 aromatic carbocycles. The summed E-state index contributed by atoms with van der Waals surface area (Å²) in [5.41, 5.74) is 2.23. The second-order valence-electron chi connectivity index (χ2n) is 5.62. The zero-order valence-corrected chi connectivity index (χ0v) is 13.1. The Morgan fingerprint density at radius 2 is 2.23 bits per heavy atom. The molecular weight excluding hydrogens is 280 g/mol. The third kappa shape index (κ3) is 4.49. The number of carbonyl (C=O) groups excluding carboxylic acids is 1. The predicted molar refractivity (Wildman–Crippen MR) is 86.1 cm³/mol. The van der Waals surface area contributed by atoms with E-state index in [4.69, 9.17) is 9.84 Å². The number of aliphatic hydroxyl groups excluding tert-OH is 1. The fraction of sp³-hybridized carbons (Fsp3) is 0.471. The number of carbonyl (C=O) groups is 1. The van der Waals surface area contributed by atoms with E-state index in [1.54, 1.807) is 7.11 Å². The smallest absolute Gasteiger partial charge is 0.315 e. The van der Waals surface area contributed by atoms with Crippen LogP contribution in [0.15, 0.2) is 30.4 Å². The van der Waals surface area contributed by atoms with E-state index in [1.807, 2.05) is 37.3 Å². The van der Waals surface area contributed by atoms with E-state index in [-0.39, 0.29) is 24.6 Å². The number of nitrogens with one attached hydrogen (secondary N) is 2. The summed E-state index contributed by atoms with van der Waals surface area (Å²) >= 11 is 0. The van der Waals surface area contributed by atoms with Crippen LogP contribution in [0.3, 0.4) is 0 Å². The molecule has 3 N–H and O–H groups in total. The summed E-state index contributed by atoms with van der Waals surface area (Å²) in [5, 5.41) is 14.8. The van der Waals surface area contributed by atoms with Crippen LogP contribution >= 0.6 is 0 Å². The normalized spacial score (nSPS) is 20.0. The molecule has 0 spiro atoms. The van der Waals surface area contributed by atoms with Gasteiger partial charge in [-0.25, -0.2) is 4.79 Å². The number of aliphatic hydroxyl groups is 1. The summed E-state index contributed by atoms with van der Waals surface area (Å²) < 4.78 is 5.29. The van der Waals surface area contributed by atoms with Crippen LogP contribution in [-0.2, 0) is 6.42 Å². The van der Waals surface area contributed by atoms with E-state index in [1.165, 1.54) is 0 Å². The van der Waals surface area contributed by atoms with Crippen molar-refractivity contribution in [2.75, 3.05) is 20.3 Å². The molecular formula is C17H24N2O3. The Morgan fingerprint density at radius 3 is 2.91 bits per heavy atom. The van der Waals surface area contributed by atoms with Crippen molar-refractivity contribution in [2.24, 2.45) is 5.92 Å². The van der Waals surface area contributed by atoms with Crippen LogP contribution in [0, 0.1) is 12.8 Å². The van der Waals surface area contributed by atoms with E-state index in [9.17, 15) is 4.79 Å². The summed E-state index contributed by atoms with van der Waals surface area (Å²) in [6.07, 6.45) is 5.40. The topological polar surface area (TPSA) is 70.6 Å². The highest BCUT2D eigenvalue weighted by Crippen LogP contribution is 2.19. The first-order valence-corrected chi connectivity index (χ1v) is 7.59. The molecule has 0 unspecified atom stereocenters. The van der Waals surface area contributed by atoms with Crippen molar-refractivity contribution in [3.63, 3.8) is 0 Å². The number of methoxy groups -OCH3 is 1. The number of urea groups is 1. The lowest BCUT2D eigenvalue weighted by Gasteiger charge is -2.14. The number of rotatable bonds is 6. The molecule has 2 amide bonds. The molecule has 0 bridgehead atoms. The third-order valence-corrected chi connectivity index (χ3v) is 3.89. The van der Waals surface area contributed by atoms with E-state index in [0.717, 1.165) is 29.7 Å². The first kappa shape index (κ1) is 16.4. The van der Waals surface area contributed by atoms with Crippen LogP contribution in [0.4, 0.5) is 4.79 Å². The molecule has 0 radical (unpaired) electrons. The van der Waals surface area contributed by atoms with Gasteiger partial charge in [-0.3, -0.25) is 0 Å². The summed E-state index contributed by atoms with van der Waals surface area (Å²) in [4.78, 5) is 11.8. The van der Waals surface area contributed by atoms with Gasteiger partial charge in [0.25, 0.3) is 0 Å². The van der Waals surface area contributed by atoms with Gasteiger partial charge in [0.1, 0.15) is 5.75 Å². The molecule has 0 fully saturated rings. The van der Waals surface area contributed by atoms with Gasteiger partial charge in [-0.15, -0.1) is 0 Å². The lowest BCUT2D eigenvalue weighted by molar-refractivity contribution is 0.231. The third-order valence-electron chi connectivity index (χ3n) is 3.89. The quantitative estimate of drug-likeness (QED) is 0.702. The zero-order valence-electron chi connectivity index (χ0n) is 13.1. The van der Waals surface area contributed by atoms with Gasteiger partial charge < -0.3 is 20.5 Å². The minimum Gasteiger partial charge on any atom is -0.496 e. The SMILES string of the molecule is COc1cc(CCNC(=O)N[C@@H]2C=C[C@H](CO)C2)ccc1C. The molecule has 1 aliphatic rings. The van der Waals surface area contributed by atoms with E-state index >= 15 is 0 Å². The lowest BCUT2D eigenvalue weighted by atomic mass is 10.1. The standard InChI is InChI=1S/C17H24N2O3/c1-12-3-4-13(10-16(12)22-2)7-8-18-17(21)19-15-6-5-14(9-15)11-20/h3-6,10,14-15,20H,7-9,11H2,1-2H3,(H2,18,19,21)/t14-,15+/m0/s1. The minimum absolute atomic E-state index is 0.0108. The summed E-state index contributed by atoms with van der Waals surface area (Å²) in [7, 11) is 1.66. The second-order valence-corrected chi connectivity index (χ2v) is 5.62. The molecule has 0 aliphatic heterocycles. The Morgan fingerprint density at radius 1 is 1.41 bits per heavy atom. The Kier molecular flexibility index (Phi) is 5.83. The van der Waals surface area contributed by atoms with Crippen molar-refractivity contribution in [3.8, 4) is 5.75 Å². The van der Waals surface area contributed by atoms with Crippen molar-refractivity contribution in [1.82, 2.24) is 10.6 Å². The summed E-state index contributed by atoms with van der Waals surface area (Å²) in [6.45, 7) is 2.70. The van der Waals surface area contributed by atoms with Crippen molar-refractivity contribution in [2.45, 2.75) is 25.8 Å². The van der Waals surface area contributed by atoms with E-state index in [2.05, 4.69) is 10.6 Å². The molecule has 0 saturated heterocycles. The zero-order chi connectivity index (χ0) is 15.9. The Balaban J connectivity index is 1.72. The maximum absolute atomic E-state index is 11.8. The van der Waals surface area contributed by atoms with E-state index in [0.29, 0.717) is 6.54 Å². The van der Waals surface area contributed by atoms with Crippen molar-refractivity contribution >= 4 is 6.03 Å². The first-order valence-electron chi connectivity index (χ1n) is 7.59. The highest BCUT2D eigenvalue weighted by molar-refractivity contribution is 5.74. The molecule has 5 heteroatoms. The van der Waals surface area contributed by atoms with Crippen LogP contribution in [0.5, 0.6) is 5.75 Å². The molecule has 0 heterocycles. The Labute approximate surface area is 131 Å². The minimum atomic E-state index is -0.174. The Hall–Kier alpha value is -2.01. The molecule has 1 aliphatic carbocycles. The first-order chi connectivity index (χ1) is 10.6. The van der Waals surface area contributed by atoms with Gasteiger partial charge in [0.15, 0.2) is 0 Å². The van der Waals surface area contributed by atoms with Crippen LogP contribution in [0.1, 0.15) is 17.5 Å². The molecule has 2 atom stereocenters. The average Bonchev–Trinajstić information content (AvgIpc) is 2.96. The molecule has 0 saturated carbocycles. The lowest BCUT2D eigenvalue weighted by Crippen LogP contribution is -2.41. The fourth-order valence-electron chi connectivity index (χ4n) is 2.58. The highest BCUT2D eigenvalue weighted by atomic mass is 16.5. The van der Waals surface area contributed by atoms with Crippen LogP contribution in [0.25, 0.3) is 0 Å². The van der Waals surface area contributed by atoms with Crippen LogP contribution in [-0.4, -0.2) is 37.4 Å². The van der Waals surface area contributed by atoms with Gasteiger partial charge >= 0.3 is 6.03 Å². The monoisotopic (exact) mass is 304 g/mol. The number of ether oxygens (including phenoxy) is 1. The highest BCUT2D eigenvalue weighted by Gasteiger charge is 2.19. The molecule has 22 heavy (non-hydrogen) atoms. The van der Waals surface area contributed by atoms with Crippen LogP contribution < -0.4 is 15.4 Å². The number of aryl methyl sites for hydroxylation is 1. The van der Waals surface area contributed by atoms with E-state index < -0.39 is 0 Å². The van der Waals surface area contributed by atoms with Crippen molar-refractivity contribution in [1.29, 1.82) is 0 Å². The molecule has 5 nitrogen and oxygen atoms in total. The molecule has 0 aromatic heterocycles. The molecule has 120 valence electrons.